The SMILES string of the molecule is CC(C)(C)C.CC(C)(C)C.CC(C)(C)c1ccc(Cl)cc1C(C)(C)C. The molecule has 0 unspecified atom stereocenters. The summed E-state index contributed by atoms with van der Waals surface area (Å²) in [4.78, 5) is 0. The second kappa shape index (κ2) is 9.45. The molecule has 0 nitrogen and oxygen atoms in total. The third-order valence-electron chi connectivity index (χ3n) is 2.60. The molecule has 0 heterocycles. The second-order valence-electron chi connectivity index (χ2n) is 12.2. The van der Waals surface area contributed by atoms with Gasteiger partial charge in [-0.05, 0) is 44.9 Å². The van der Waals surface area contributed by atoms with Gasteiger partial charge in [-0.3, -0.25) is 0 Å². The summed E-state index contributed by atoms with van der Waals surface area (Å²) in [6.45, 7) is 30.9. The van der Waals surface area contributed by atoms with Crippen molar-refractivity contribution in [3.05, 3.63) is 34.3 Å². The van der Waals surface area contributed by atoms with Gasteiger partial charge in [-0.1, -0.05) is 115 Å². The zero-order chi connectivity index (χ0) is 20.9. The molecular formula is C24H45Cl. The van der Waals surface area contributed by atoms with Gasteiger partial charge in [-0.2, -0.15) is 0 Å². The highest BCUT2D eigenvalue weighted by Crippen LogP contribution is 2.35. The molecule has 25 heavy (non-hydrogen) atoms. The first-order valence-corrected chi connectivity index (χ1v) is 9.80. The van der Waals surface area contributed by atoms with Gasteiger partial charge in [0.25, 0.3) is 0 Å². The van der Waals surface area contributed by atoms with E-state index >= 15 is 0 Å². The van der Waals surface area contributed by atoms with E-state index in [9.17, 15) is 0 Å². The zero-order valence-corrected chi connectivity index (χ0v) is 20.4. The van der Waals surface area contributed by atoms with Crippen LogP contribution in [0.25, 0.3) is 0 Å². The molecule has 0 N–H and O–H groups in total. The Kier molecular flexibility index (Phi) is 10.1. The Morgan fingerprint density at radius 3 is 1.04 bits per heavy atom. The molecule has 0 bridgehead atoms. The fourth-order valence-electron chi connectivity index (χ4n) is 1.79. The molecule has 0 aliphatic heterocycles. The molecule has 1 rings (SSSR count). The third-order valence-corrected chi connectivity index (χ3v) is 2.83. The van der Waals surface area contributed by atoms with E-state index in [0.717, 1.165) is 5.02 Å². The summed E-state index contributed by atoms with van der Waals surface area (Å²) in [5.41, 5.74) is 4.06. The van der Waals surface area contributed by atoms with Crippen LogP contribution in [-0.4, -0.2) is 0 Å². The van der Waals surface area contributed by atoms with Gasteiger partial charge in [0.05, 0.1) is 0 Å². The number of hydrogen-bond donors (Lipinski definition) is 0. The van der Waals surface area contributed by atoms with E-state index in [1.54, 1.807) is 0 Å². The van der Waals surface area contributed by atoms with Crippen LogP contribution in [0.1, 0.15) is 108 Å². The van der Waals surface area contributed by atoms with Crippen LogP contribution in [0.15, 0.2) is 18.2 Å². The molecule has 1 aromatic rings. The lowest BCUT2D eigenvalue weighted by Gasteiger charge is -2.30. The number of hydrogen-bond acceptors (Lipinski definition) is 0. The average molecular weight is 369 g/mol. The van der Waals surface area contributed by atoms with Crippen molar-refractivity contribution < 1.29 is 0 Å². The van der Waals surface area contributed by atoms with E-state index in [-0.39, 0.29) is 10.8 Å². The van der Waals surface area contributed by atoms with E-state index in [1.807, 2.05) is 6.07 Å². The second-order valence-corrected chi connectivity index (χ2v) is 12.6. The van der Waals surface area contributed by atoms with Gasteiger partial charge in [-0.25, -0.2) is 0 Å². The summed E-state index contributed by atoms with van der Waals surface area (Å²) in [6.07, 6.45) is 0. The van der Waals surface area contributed by atoms with Crippen molar-refractivity contribution in [2.24, 2.45) is 10.8 Å². The summed E-state index contributed by atoms with van der Waals surface area (Å²) in [5, 5.41) is 0.827. The molecule has 0 saturated carbocycles. The monoisotopic (exact) mass is 368 g/mol. The molecular weight excluding hydrogens is 324 g/mol. The van der Waals surface area contributed by atoms with Crippen molar-refractivity contribution in [2.45, 2.75) is 108 Å². The Hall–Kier alpha value is -0.490. The number of benzene rings is 1. The average Bonchev–Trinajstić information content (AvgIpc) is 2.20. The predicted octanol–water partition coefficient (Wildman–Crippen LogP) is 9.04. The van der Waals surface area contributed by atoms with Gasteiger partial charge >= 0.3 is 0 Å². The van der Waals surface area contributed by atoms with Crippen molar-refractivity contribution >= 4 is 11.6 Å². The van der Waals surface area contributed by atoms with Crippen molar-refractivity contribution in [1.29, 1.82) is 0 Å². The van der Waals surface area contributed by atoms with Gasteiger partial charge in [0.15, 0.2) is 0 Å². The molecule has 0 amide bonds. The van der Waals surface area contributed by atoms with Gasteiger partial charge in [0.1, 0.15) is 0 Å². The van der Waals surface area contributed by atoms with Gasteiger partial charge in [-0.15, -0.1) is 0 Å². The maximum Gasteiger partial charge on any atom is 0.0409 e. The highest BCUT2D eigenvalue weighted by atomic mass is 35.5. The molecule has 0 fully saturated rings. The highest BCUT2D eigenvalue weighted by molar-refractivity contribution is 6.30. The quantitative estimate of drug-likeness (QED) is 0.428. The zero-order valence-electron chi connectivity index (χ0n) is 19.6. The molecule has 0 aliphatic rings. The number of rotatable bonds is 0. The molecule has 0 radical (unpaired) electrons. The van der Waals surface area contributed by atoms with Gasteiger partial charge in [0, 0.05) is 5.02 Å². The fourth-order valence-corrected chi connectivity index (χ4v) is 1.96. The lowest BCUT2D eigenvalue weighted by molar-refractivity contribution is 0.469. The lowest BCUT2D eigenvalue weighted by atomic mass is 9.75. The van der Waals surface area contributed by atoms with Crippen LogP contribution in [0.3, 0.4) is 0 Å². The van der Waals surface area contributed by atoms with E-state index in [4.69, 9.17) is 11.6 Å². The molecule has 0 spiro atoms. The van der Waals surface area contributed by atoms with E-state index in [1.165, 1.54) is 11.1 Å². The Balaban J connectivity index is 0. The van der Waals surface area contributed by atoms with E-state index in [0.29, 0.717) is 10.8 Å². The summed E-state index contributed by atoms with van der Waals surface area (Å²) in [5.74, 6) is 0. The number of halogens is 1. The van der Waals surface area contributed by atoms with Crippen LogP contribution in [0.2, 0.25) is 5.02 Å². The first-order valence-electron chi connectivity index (χ1n) is 9.43. The standard InChI is InChI=1S/C14H21Cl.2C5H12/c1-13(2,3)11-8-7-10(15)9-12(11)14(4,5)6;2*1-5(2,3)4/h7-9H,1-6H3;2*1-4H3. The summed E-state index contributed by atoms with van der Waals surface area (Å²) < 4.78 is 0. The van der Waals surface area contributed by atoms with E-state index < -0.39 is 0 Å². The summed E-state index contributed by atoms with van der Waals surface area (Å²) >= 11 is 6.07. The molecule has 1 heteroatoms. The fraction of sp³-hybridized carbons (Fsp3) is 0.750. The predicted molar refractivity (Wildman–Crippen MR) is 119 cm³/mol. The van der Waals surface area contributed by atoms with Crippen LogP contribution >= 0.6 is 11.6 Å². The minimum absolute atomic E-state index is 0.146. The van der Waals surface area contributed by atoms with Gasteiger partial charge in [0.2, 0.25) is 0 Å². The minimum atomic E-state index is 0.146. The van der Waals surface area contributed by atoms with Crippen molar-refractivity contribution in [3.63, 3.8) is 0 Å². The smallest absolute Gasteiger partial charge is 0.0409 e. The van der Waals surface area contributed by atoms with Crippen molar-refractivity contribution in [3.8, 4) is 0 Å². The molecule has 0 atom stereocenters. The minimum Gasteiger partial charge on any atom is -0.0843 e. The third kappa shape index (κ3) is 18.1. The van der Waals surface area contributed by atoms with Crippen molar-refractivity contribution in [2.75, 3.05) is 0 Å². The Morgan fingerprint density at radius 1 is 0.520 bits per heavy atom. The van der Waals surface area contributed by atoms with Crippen LogP contribution in [-0.2, 0) is 10.8 Å². The van der Waals surface area contributed by atoms with Crippen LogP contribution < -0.4 is 0 Å². The molecule has 1 aromatic carbocycles. The van der Waals surface area contributed by atoms with Crippen LogP contribution in [0.5, 0.6) is 0 Å². The molecule has 148 valence electrons. The van der Waals surface area contributed by atoms with E-state index in [2.05, 4.69) is 109 Å². The Morgan fingerprint density at radius 2 is 0.800 bits per heavy atom. The first-order chi connectivity index (χ1) is 10.6. The Labute approximate surface area is 164 Å². The molecule has 0 aromatic heterocycles. The lowest BCUT2D eigenvalue weighted by Crippen LogP contribution is -2.21. The van der Waals surface area contributed by atoms with Gasteiger partial charge < -0.3 is 0 Å². The summed E-state index contributed by atoms with van der Waals surface area (Å²) in [7, 11) is 0. The molecule has 0 aliphatic carbocycles. The molecule has 0 saturated heterocycles. The largest absolute Gasteiger partial charge is 0.0843 e. The van der Waals surface area contributed by atoms with Crippen LogP contribution in [0, 0.1) is 10.8 Å². The maximum absolute atomic E-state index is 6.07. The Bertz CT molecular complexity index is 473. The first kappa shape index (κ1) is 26.7. The topological polar surface area (TPSA) is 0 Å². The van der Waals surface area contributed by atoms with Crippen LogP contribution in [0.4, 0.5) is 0 Å². The highest BCUT2D eigenvalue weighted by Gasteiger charge is 2.24. The van der Waals surface area contributed by atoms with Crippen molar-refractivity contribution in [1.82, 2.24) is 0 Å². The summed E-state index contributed by atoms with van der Waals surface area (Å²) in [6, 6.07) is 6.24. The normalized spacial score (nSPS) is 12.6. The maximum atomic E-state index is 6.07.